The zero-order valence-electron chi connectivity index (χ0n) is 10.9. The van der Waals surface area contributed by atoms with E-state index in [0.29, 0.717) is 24.9 Å². The molecule has 0 N–H and O–H groups in total. The molecule has 106 valence electrons. The van der Waals surface area contributed by atoms with Crippen LogP contribution in [0.15, 0.2) is 23.1 Å². The Morgan fingerprint density at radius 2 is 1.84 bits per heavy atom. The van der Waals surface area contributed by atoms with Crippen molar-refractivity contribution >= 4 is 21.6 Å². The van der Waals surface area contributed by atoms with Crippen molar-refractivity contribution in [3.63, 3.8) is 0 Å². The van der Waals surface area contributed by atoms with Gasteiger partial charge in [-0.05, 0) is 36.5 Å². The van der Waals surface area contributed by atoms with Crippen LogP contribution in [0.5, 0.6) is 0 Å². The van der Waals surface area contributed by atoms with Crippen LogP contribution in [-0.2, 0) is 10.0 Å². The number of rotatable bonds is 2. The fourth-order valence-electron chi connectivity index (χ4n) is 2.59. The number of nitrogens with zero attached hydrogens (tertiary/aromatic N) is 1. The van der Waals surface area contributed by atoms with Gasteiger partial charge < -0.3 is 0 Å². The average Bonchev–Trinajstić information content (AvgIpc) is 2.31. The molecule has 6 heteroatoms. The molecule has 3 nitrogen and oxygen atoms in total. The Morgan fingerprint density at radius 1 is 1.26 bits per heavy atom. The molecule has 1 aromatic carbocycles. The maximum Gasteiger partial charge on any atom is 0.243 e. The molecule has 1 fully saturated rings. The van der Waals surface area contributed by atoms with Gasteiger partial charge in [0.25, 0.3) is 0 Å². The van der Waals surface area contributed by atoms with Crippen LogP contribution in [0.3, 0.4) is 0 Å². The third-order valence-electron chi connectivity index (χ3n) is 3.36. The molecule has 1 aliphatic rings. The summed E-state index contributed by atoms with van der Waals surface area (Å²) in [5.41, 5.74) is 0. The molecule has 1 heterocycles. The third-order valence-corrected chi connectivity index (χ3v) is 5.48. The number of piperidine rings is 1. The summed E-state index contributed by atoms with van der Waals surface area (Å²) in [6.45, 7) is 5.08. The third kappa shape index (κ3) is 3.09. The summed E-state index contributed by atoms with van der Waals surface area (Å²) in [7, 11) is -3.58. The first-order valence-corrected chi connectivity index (χ1v) is 8.07. The first kappa shape index (κ1) is 14.8. The standard InChI is InChI=1S/C13H17ClFNO2S/c1-9-5-10(2)8-16(7-9)19(17,18)11-3-4-13(15)12(14)6-11/h3-4,6,9-10H,5,7-8H2,1-2H3/t9-,10-/m1/s1. The van der Waals surface area contributed by atoms with Gasteiger partial charge in [-0.15, -0.1) is 0 Å². The summed E-state index contributed by atoms with van der Waals surface area (Å²) in [5, 5.41) is -0.167. The van der Waals surface area contributed by atoms with Gasteiger partial charge in [-0.2, -0.15) is 4.31 Å². The molecule has 0 aliphatic carbocycles. The average molecular weight is 306 g/mol. The predicted octanol–water partition coefficient (Wildman–Crippen LogP) is 3.15. The van der Waals surface area contributed by atoms with E-state index in [-0.39, 0.29) is 9.92 Å². The molecule has 2 atom stereocenters. The minimum absolute atomic E-state index is 0.0557. The monoisotopic (exact) mass is 305 g/mol. The van der Waals surface area contributed by atoms with Crippen molar-refractivity contribution in [2.75, 3.05) is 13.1 Å². The smallest absolute Gasteiger partial charge is 0.207 e. The van der Waals surface area contributed by atoms with E-state index >= 15 is 0 Å². The van der Waals surface area contributed by atoms with Crippen molar-refractivity contribution in [2.24, 2.45) is 11.8 Å². The molecule has 0 bridgehead atoms. The summed E-state index contributed by atoms with van der Waals surface area (Å²) < 4.78 is 39.6. The molecule has 0 unspecified atom stereocenters. The predicted molar refractivity (Wildman–Crippen MR) is 73.1 cm³/mol. The lowest BCUT2D eigenvalue weighted by Crippen LogP contribution is -2.42. The van der Waals surface area contributed by atoms with Crippen LogP contribution < -0.4 is 0 Å². The minimum Gasteiger partial charge on any atom is -0.207 e. The van der Waals surface area contributed by atoms with Crippen molar-refractivity contribution in [3.05, 3.63) is 29.0 Å². The minimum atomic E-state index is -3.58. The van der Waals surface area contributed by atoms with Crippen LogP contribution >= 0.6 is 11.6 Å². The molecule has 0 saturated carbocycles. The van der Waals surface area contributed by atoms with Crippen molar-refractivity contribution in [2.45, 2.75) is 25.2 Å². The molecule has 2 rings (SSSR count). The first-order chi connectivity index (χ1) is 8.80. The van der Waals surface area contributed by atoms with Crippen molar-refractivity contribution in [3.8, 4) is 0 Å². The van der Waals surface area contributed by atoms with Crippen LogP contribution in [0.2, 0.25) is 5.02 Å². The highest BCUT2D eigenvalue weighted by Gasteiger charge is 2.31. The Hall–Kier alpha value is -0.650. The van der Waals surface area contributed by atoms with Crippen molar-refractivity contribution in [1.29, 1.82) is 0 Å². The van der Waals surface area contributed by atoms with E-state index in [4.69, 9.17) is 11.6 Å². The number of halogens is 2. The van der Waals surface area contributed by atoms with Crippen LogP contribution in [0.25, 0.3) is 0 Å². The highest BCUT2D eigenvalue weighted by molar-refractivity contribution is 7.89. The van der Waals surface area contributed by atoms with Gasteiger partial charge in [-0.25, -0.2) is 12.8 Å². The van der Waals surface area contributed by atoms with Gasteiger partial charge in [0.2, 0.25) is 10.0 Å². The summed E-state index contributed by atoms with van der Waals surface area (Å²) >= 11 is 5.66. The molecule has 1 aromatic rings. The topological polar surface area (TPSA) is 37.4 Å². The number of hydrogen-bond donors (Lipinski definition) is 0. The first-order valence-electron chi connectivity index (χ1n) is 6.26. The van der Waals surface area contributed by atoms with Gasteiger partial charge in [0.15, 0.2) is 0 Å². The number of sulfonamides is 1. The van der Waals surface area contributed by atoms with Crippen LogP contribution in [0.1, 0.15) is 20.3 Å². The van der Waals surface area contributed by atoms with Gasteiger partial charge in [-0.1, -0.05) is 25.4 Å². The molecule has 1 saturated heterocycles. The Kier molecular flexibility index (Phi) is 4.18. The van der Waals surface area contributed by atoms with E-state index in [0.717, 1.165) is 12.5 Å². The summed E-state index contributed by atoms with van der Waals surface area (Å²) in [5.74, 6) is 0.0462. The van der Waals surface area contributed by atoms with Crippen molar-refractivity contribution < 1.29 is 12.8 Å². The van der Waals surface area contributed by atoms with Crippen LogP contribution in [-0.4, -0.2) is 25.8 Å². The second-order valence-electron chi connectivity index (χ2n) is 5.34. The molecule has 0 spiro atoms. The lowest BCUT2D eigenvalue weighted by Gasteiger charge is -2.34. The van der Waals surface area contributed by atoms with Gasteiger partial charge in [-0.3, -0.25) is 0 Å². The zero-order valence-corrected chi connectivity index (χ0v) is 12.5. The normalized spacial score (nSPS) is 25.5. The van der Waals surface area contributed by atoms with Gasteiger partial charge in [0.1, 0.15) is 5.82 Å². The molecule has 1 aliphatic heterocycles. The fraction of sp³-hybridized carbons (Fsp3) is 0.538. The fourth-order valence-corrected chi connectivity index (χ4v) is 4.54. The number of benzene rings is 1. The van der Waals surface area contributed by atoms with E-state index in [1.165, 1.54) is 16.4 Å². The molecule has 19 heavy (non-hydrogen) atoms. The van der Waals surface area contributed by atoms with E-state index in [1.54, 1.807) is 0 Å². The Morgan fingerprint density at radius 3 is 2.37 bits per heavy atom. The Labute approximate surface area is 118 Å². The van der Waals surface area contributed by atoms with Crippen molar-refractivity contribution in [1.82, 2.24) is 4.31 Å². The zero-order chi connectivity index (χ0) is 14.2. The molecule has 0 aromatic heterocycles. The second kappa shape index (κ2) is 5.38. The van der Waals surface area contributed by atoms with E-state index in [9.17, 15) is 12.8 Å². The second-order valence-corrected chi connectivity index (χ2v) is 7.69. The lowest BCUT2D eigenvalue weighted by molar-refractivity contribution is 0.222. The summed E-state index contributed by atoms with van der Waals surface area (Å²) in [6, 6.07) is 3.53. The summed E-state index contributed by atoms with van der Waals surface area (Å²) in [6.07, 6.45) is 1.02. The summed E-state index contributed by atoms with van der Waals surface area (Å²) in [4.78, 5) is 0.0557. The van der Waals surface area contributed by atoms with Crippen LogP contribution in [0.4, 0.5) is 4.39 Å². The molecule has 0 amide bonds. The number of hydrogen-bond acceptors (Lipinski definition) is 2. The van der Waals surface area contributed by atoms with E-state index < -0.39 is 15.8 Å². The lowest BCUT2D eigenvalue weighted by atomic mass is 9.94. The maximum atomic E-state index is 13.1. The van der Waals surface area contributed by atoms with E-state index in [1.807, 2.05) is 13.8 Å². The maximum absolute atomic E-state index is 13.1. The quantitative estimate of drug-likeness (QED) is 0.842. The molecular formula is C13H17ClFNO2S. The Balaban J connectivity index is 2.33. The van der Waals surface area contributed by atoms with E-state index in [2.05, 4.69) is 0 Å². The highest BCUT2D eigenvalue weighted by atomic mass is 35.5. The van der Waals surface area contributed by atoms with Gasteiger partial charge in [0, 0.05) is 13.1 Å². The van der Waals surface area contributed by atoms with Crippen LogP contribution in [0, 0.1) is 17.7 Å². The van der Waals surface area contributed by atoms with Gasteiger partial charge >= 0.3 is 0 Å². The molecular weight excluding hydrogens is 289 g/mol. The Bertz CT molecular complexity index is 566. The molecule has 0 radical (unpaired) electrons. The SMILES string of the molecule is C[C@@H]1C[C@@H](C)CN(S(=O)(=O)c2ccc(F)c(Cl)c2)C1. The highest BCUT2D eigenvalue weighted by Crippen LogP contribution is 2.28. The van der Waals surface area contributed by atoms with Gasteiger partial charge in [0.05, 0.1) is 9.92 Å². The largest absolute Gasteiger partial charge is 0.243 e.